The van der Waals surface area contributed by atoms with Gasteiger partial charge in [-0.25, -0.2) is 0 Å². The minimum Gasteiger partial charge on any atom is -0.496 e. The lowest BCUT2D eigenvalue weighted by Gasteiger charge is -2.21. The van der Waals surface area contributed by atoms with Crippen molar-refractivity contribution in [1.29, 1.82) is 0 Å². The summed E-state index contributed by atoms with van der Waals surface area (Å²) >= 11 is 0. The number of rotatable bonds is 10. The summed E-state index contributed by atoms with van der Waals surface area (Å²) in [7, 11) is 1.66. The summed E-state index contributed by atoms with van der Waals surface area (Å²) in [6.07, 6.45) is 4.44. The molecule has 176 valence electrons. The highest BCUT2D eigenvalue weighted by Gasteiger charge is 2.51. The van der Waals surface area contributed by atoms with Crippen LogP contribution < -0.4 is 14.2 Å². The maximum Gasteiger partial charge on any atom is 0.231 e. The van der Waals surface area contributed by atoms with Gasteiger partial charge in [-0.2, -0.15) is 0 Å². The number of carbonyl (C=O) groups is 1. The molecule has 1 aliphatic carbocycles. The van der Waals surface area contributed by atoms with Crippen LogP contribution in [-0.2, 0) is 21.4 Å². The number of fused-ring (bicyclic) bond motifs is 1. The Morgan fingerprint density at radius 3 is 2.65 bits per heavy atom. The second-order valence-corrected chi connectivity index (χ2v) is 8.83. The number of nitrogens with zero attached hydrogens (tertiary/aromatic N) is 1. The molecule has 0 N–H and O–H groups in total. The second-order valence-electron chi connectivity index (χ2n) is 8.83. The highest BCUT2D eigenvalue weighted by Crippen LogP contribution is 2.51. The van der Waals surface area contributed by atoms with Crippen molar-refractivity contribution in [3.05, 3.63) is 83.2 Å². The Labute approximate surface area is 199 Å². The number of hydrogen-bond acceptors (Lipinski definition) is 6. The highest BCUT2D eigenvalue weighted by molar-refractivity contribution is 5.94. The van der Waals surface area contributed by atoms with E-state index < -0.39 is 5.41 Å². The predicted octanol–water partition coefficient (Wildman–Crippen LogP) is 5.18. The summed E-state index contributed by atoms with van der Waals surface area (Å²) in [6, 6.07) is 17.6. The second kappa shape index (κ2) is 9.47. The average molecular weight is 460 g/mol. The molecule has 1 aromatic heterocycles. The lowest BCUT2D eigenvalue weighted by molar-refractivity contribution is -0.120. The third kappa shape index (κ3) is 4.26. The van der Waals surface area contributed by atoms with Crippen molar-refractivity contribution in [3.63, 3.8) is 0 Å². The van der Waals surface area contributed by atoms with Gasteiger partial charge in [0.05, 0.1) is 12.5 Å². The molecule has 5 rings (SSSR count). The van der Waals surface area contributed by atoms with E-state index in [9.17, 15) is 4.79 Å². The molecule has 1 unspecified atom stereocenters. The maximum atomic E-state index is 13.3. The molecule has 1 aliphatic heterocycles. The molecule has 0 bridgehead atoms. The van der Waals surface area contributed by atoms with Gasteiger partial charge in [-0.3, -0.25) is 9.78 Å². The van der Waals surface area contributed by atoms with Gasteiger partial charge in [0.2, 0.25) is 6.79 Å². The van der Waals surface area contributed by atoms with Gasteiger partial charge in [-0.05, 0) is 49.1 Å². The van der Waals surface area contributed by atoms with E-state index in [1.807, 2.05) is 60.8 Å². The fourth-order valence-corrected chi connectivity index (χ4v) is 4.56. The smallest absolute Gasteiger partial charge is 0.231 e. The monoisotopic (exact) mass is 459 g/mol. The zero-order valence-corrected chi connectivity index (χ0v) is 19.6. The first-order valence-corrected chi connectivity index (χ1v) is 11.8. The van der Waals surface area contributed by atoms with Crippen LogP contribution >= 0.6 is 0 Å². The van der Waals surface area contributed by atoms with Gasteiger partial charge in [0.1, 0.15) is 17.6 Å². The van der Waals surface area contributed by atoms with Crippen molar-refractivity contribution < 1.29 is 23.7 Å². The van der Waals surface area contributed by atoms with Crippen LogP contribution in [0.2, 0.25) is 0 Å². The molecule has 6 nitrogen and oxygen atoms in total. The number of hydrogen-bond donors (Lipinski definition) is 0. The Bertz CT molecular complexity index is 1170. The van der Waals surface area contributed by atoms with E-state index in [4.69, 9.17) is 18.9 Å². The van der Waals surface area contributed by atoms with Crippen molar-refractivity contribution in [2.24, 2.45) is 0 Å². The Morgan fingerprint density at radius 2 is 1.91 bits per heavy atom. The molecule has 1 fully saturated rings. The fraction of sp³-hybridized carbons (Fsp3) is 0.357. The number of ether oxygens (including phenoxy) is 4. The fourth-order valence-electron chi connectivity index (χ4n) is 4.56. The largest absolute Gasteiger partial charge is 0.496 e. The summed E-state index contributed by atoms with van der Waals surface area (Å²) in [5.74, 6) is 2.42. The maximum absolute atomic E-state index is 13.3. The van der Waals surface area contributed by atoms with Crippen LogP contribution in [0.3, 0.4) is 0 Å². The van der Waals surface area contributed by atoms with E-state index in [1.165, 1.54) is 0 Å². The predicted molar refractivity (Wildman–Crippen MR) is 128 cm³/mol. The van der Waals surface area contributed by atoms with Gasteiger partial charge in [0.15, 0.2) is 11.5 Å². The molecule has 1 saturated carbocycles. The Kier molecular flexibility index (Phi) is 6.24. The Morgan fingerprint density at radius 1 is 1.09 bits per heavy atom. The van der Waals surface area contributed by atoms with Gasteiger partial charge in [0, 0.05) is 36.0 Å². The van der Waals surface area contributed by atoms with Gasteiger partial charge >= 0.3 is 0 Å². The molecule has 0 radical (unpaired) electrons. The summed E-state index contributed by atoms with van der Waals surface area (Å²) < 4.78 is 22.7. The Hall–Kier alpha value is -3.38. The van der Waals surface area contributed by atoms with Gasteiger partial charge in [0.25, 0.3) is 0 Å². The quantitative estimate of drug-likeness (QED) is 0.416. The summed E-state index contributed by atoms with van der Waals surface area (Å²) in [5.41, 5.74) is 3.22. The third-order valence-corrected chi connectivity index (χ3v) is 6.61. The summed E-state index contributed by atoms with van der Waals surface area (Å²) in [5, 5.41) is 0. The van der Waals surface area contributed by atoms with Gasteiger partial charge < -0.3 is 18.9 Å². The van der Waals surface area contributed by atoms with Crippen LogP contribution in [0.1, 0.15) is 54.7 Å². The van der Waals surface area contributed by atoms with E-state index in [2.05, 4.69) is 11.9 Å². The lowest BCUT2D eigenvalue weighted by Crippen LogP contribution is -2.23. The number of Topliss-reactive ketones (excluding diaryl/α,β-unsaturated/α-hetero) is 1. The van der Waals surface area contributed by atoms with E-state index in [1.54, 1.807) is 7.11 Å². The lowest BCUT2D eigenvalue weighted by atomic mass is 9.88. The zero-order chi connectivity index (χ0) is 23.5. The minimum atomic E-state index is -0.439. The number of benzene rings is 2. The Balaban J connectivity index is 1.33. The molecule has 0 spiro atoms. The van der Waals surface area contributed by atoms with Crippen molar-refractivity contribution in [2.75, 3.05) is 20.5 Å². The number of aromatic nitrogens is 1. The zero-order valence-electron chi connectivity index (χ0n) is 19.6. The van der Waals surface area contributed by atoms with Crippen LogP contribution in [0.4, 0.5) is 0 Å². The molecular formula is C28H29NO5. The molecular weight excluding hydrogens is 430 g/mol. The van der Waals surface area contributed by atoms with E-state index >= 15 is 0 Å². The van der Waals surface area contributed by atoms with Crippen LogP contribution in [0, 0.1) is 0 Å². The van der Waals surface area contributed by atoms with E-state index in [0.29, 0.717) is 18.8 Å². The van der Waals surface area contributed by atoms with Crippen molar-refractivity contribution in [2.45, 2.75) is 44.1 Å². The molecule has 3 aromatic rings. The molecule has 0 amide bonds. The molecule has 6 heteroatoms. The highest BCUT2D eigenvalue weighted by atomic mass is 16.7. The normalized spacial score (nSPS) is 16.2. The summed E-state index contributed by atoms with van der Waals surface area (Å²) in [6.45, 7) is 2.94. The average Bonchev–Trinajstić information content (AvgIpc) is 3.56. The van der Waals surface area contributed by atoms with Gasteiger partial charge in [-0.1, -0.05) is 37.3 Å². The molecule has 2 heterocycles. The first-order valence-electron chi connectivity index (χ1n) is 11.8. The number of pyridine rings is 1. The number of ketones is 1. The number of carbonyl (C=O) groups excluding carboxylic acids is 1. The van der Waals surface area contributed by atoms with E-state index in [0.717, 1.165) is 53.1 Å². The standard InChI is InChI=1S/C28H29NO5/c1-3-14-32-27(22-6-4-5-7-23(22)31-2)19-8-10-21(29-17-19)16-26(30)28(12-13-28)20-9-11-24-25(15-20)34-18-33-24/h4-11,15,17,27H,3,12-14,16,18H2,1-2H3. The first kappa shape index (κ1) is 22.4. The van der Waals surface area contributed by atoms with Crippen LogP contribution in [0.5, 0.6) is 17.2 Å². The van der Waals surface area contributed by atoms with Crippen molar-refractivity contribution in [1.82, 2.24) is 4.98 Å². The molecule has 1 atom stereocenters. The topological polar surface area (TPSA) is 66.9 Å². The van der Waals surface area contributed by atoms with E-state index in [-0.39, 0.29) is 18.7 Å². The SMILES string of the molecule is CCCOC(c1ccc(CC(=O)C2(c3ccc4c(c3)OCO4)CC2)nc1)c1ccccc1OC. The number of para-hydroxylation sites is 1. The molecule has 2 aromatic carbocycles. The molecule has 0 saturated heterocycles. The third-order valence-electron chi connectivity index (χ3n) is 6.61. The number of methoxy groups -OCH3 is 1. The van der Waals surface area contributed by atoms with Gasteiger partial charge in [-0.15, -0.1) is 0 Å². The summed E-state index contributed by atoms with van der Waals surface area (Å²) in [4.78, 5) is 17.9. The molecule has 2 aliphatic rings. The minimum absolute atomic E-state index is 0.190. The first-order chi connectivity index (χ1) is 16.6. The molecule has 34 heavy (non-hydrogen) atoms. The van der Waals surface area contributed by atoms with Crippen LogP contribution in [0.15, 0.2) is 60.8 Å². The van der Waals surface area contributed by atoms with Crippen LogP contribution in [0.25, 0.3) is 0 Å². The van der Waals surface area contributed by atoms with Crippen molar-refractivity contribution in [3.8, 4) is 17.2 Å². The van der Waals surface area contributed by atoms with Crippen LogP contribution in [-0.4, -0.2) is 31.3 Å². The van der Waals surface area contributed by atoms with Crippen molar-refractivity contribution >= 4 is 5.78 Å².